The molecule has 2 amide bonds. The largest absolute Gasteiger partial charge is 0.497 e. The zero-order valence-corrected chi connectivity index (χ0v) is 18.2. The third kappa shape index (κ3) is 6.19. The lowest BCUT2D eigenvalue weighted by atomic mass is 10.1. The molecule has 0 unspecified atom stereocenters. The molecule has 0 radical (unpaired) electrons. The highest BCUT2D eigenvalue weighted by atomic mass is 79.9. The van der Waals surface area contributed by atoms with Gasteiger partial charge in [0, 0.05) is 11.0 Å². The number of ether oxygens (including phenoxy) is 1. The Hall–Kier alpha value is -3.12. The van der Waals surface area contributed by atoms with Crippen molar-refractivity contribution in [2.75, 3.05) is 19.0 Å². The van der Waals surface area contributed by atoms with Crippen LogP contribution in [0.2, 0.25) is 0 Å². The summed E-state index contributed by atoms with van der Waals surface area (Å²) in [5.41, 5.74) is 2.95. The topological polar surface area (TPSA) is 67.4 Å². The van der Waals surface area contributed by atoms with Crippen molar-refractivity contribution >= 4 is 33.4 Å². The van der Waals surface area contributed by atoms with Gasteiger partial charge in [-0.05, 0) is 53.9 Å². The van der Waals surface area contributed by atoms with Crippen molar-refractivity contribution in [3.63, 3.8) is 0 Å². The Balaban J connectivity index is 1.57. The molecule has 0 aliphatic heterocycles. The summed E-state index contributed by atoms with van der Waals surface area (Å²) in [5, 5.41) is 5.77. The van der Waals surface area contributed by atoms with Crippen molar-refractivity contribution in [1.82, 2.24) is 5.32 Å². The second-order valence-electron chi connectivity index (χ2n) is 6.75. The van der Waals surface area contributed by atoms with Crippen LogP contribution in [0.15, 0.2) is 77.3 Å². The second-order valence-corrected chi connectivity index (χ2v) is 7.67. The van der Waals surface area contributed by atoms with Crippen LogP contribution in [0.1, 0.15) is 21.5 Å². The highest BCUT2D eigenvalue weighted by molar-refractivity contribution is 9.10. The van der Waals surface area contributed by atoms with Gasteiger partial charge >= 0.3 is 0 Å². The number of hydrogen-bond donors (Lipinski definition) is 2. The average Bonchev–Trinajstić information content (AvgIpc) is 2.76. The van der Waals surface area contributed by atoms with Crippen LogP contribution in [0.25, 0.3) is 0 Å². The zero-order chi connectivity index (χ0) is 21.3. The van der Waals surface area contributed by atoms with Crippen LogP contribution in [0.5, 0.6) is 5.75 Å². The van der Waals surface area contributed by atoms with Crippen molar-refractivity contribution in [2.45, 2.75) is 12.8 Å². The van der Waals surface area contributed by atoms with Gasteiger partial charge in [-0.2, -0.15) is 0 Å². The van der Waals surface area contributed by atoms with Gasteiger partial charge in [0.25, 0.3) is 5.91 Å². The maximum atomic E-state index is 12.6. The van der Waals surface area contributed by atoms with Gasteiger partial charge in [-0.3, -0.25) is 9.59 Å². The molecular formula is C24H23BrN2O3. The summed E-state index contributed by atoms with van der Waals surface area (Å²) in [6, 6.07) is 22.3. The Morgan fingerprint density at radius 2 is 1.57 bits per heavy atom. The number of carbonyl (C=O) groups excluding carboxylic acids is 2. The molecule has 6 heteroatoms. The summed E-state index contributed by atoms with van der Waals surface area (Å²) in [6.45, 7) is 0.492. The minimum absolute atomic E-state index is 0.171. The van der Waals surface area contributed by atoms with Crippen molar-refractivity contribution < 1.29 is 14.3 Å². The summed E-state index contributed by atoms with van der Waals surface area (Å²) in [7, 11) is 1.63. The highest BCUT2D eigenvalue weighted by Crippen LogP contribution is 2.17. The van der Waals surface area contributed by atoms with Crippen molar-refractivity contribution in [3.8, 4) is 5.75 Å². The predicted molar refractivity (Wildman–Crippen MR) is 122 cm³/mol. The zero-order valence-electron chi connectivity index (χ0n) is 16.7. The van der Waals surface area contributed by atoms with E-state index in [1.807, 2.05) is 48.5 Å². The van der Waals surface area contributed by atoms with Gasteiger partial charge in [0.05, 0.1) is 24.8 Å². The average molecular weight is 467 g/mol. The fourth-order valence-electron chi connectivity index (χ4n) is 2.98. The first kappa shape index (κ1) is 21.6. The van der Waals surface area contributed by atoms with Crippen LogP contribution >= 0.6 is 15.9 Å². The van der Waals surface area contributed by atoms with Gasteiger partial charge in [-0.25, -0.2) is 0 Å². The summed E-state index contributed by atoms with van der Waals surface area (Å²) >= 11 is 3.38. The molecular weight excluding hydrogens is 444 g/mol. The predicted octanol–water partition coefficient (Wildman–Crippen LogP) is 4.61. The molecule has 3 rings (SSSR count). The molecule has 0 saturated heterocycles. The van der Waals surface area contributed by atoms with E-state index in [1.54, 1.807) is 31.4 Å². The van der Waals surface area contributed by atoms with Crippen LogP contribution in [0.4, 0.5) is 5.69 Å². The van der Waals surface area contributed by atoms with Crippen LogP contribution in [-0.4, -0.2) is 25.5 Å². The summed E-state index contributed by atoms with van der Waals surface area (Å²) in [5.74, 6) is 0.412. The quantitative estimate of drug-likeness (QED) is 0.509. The lowest BCUT2D eigenvalue weighted by molar-refractivity contribution is -0.115. The first-order valence-electron chi connectivity index (χ1n) is 9.59. The number of nitrogens with one attached hydrogen (secondary N) is 2. The first-order chi connectivity index (χ1) is 14.5. The van der Waals surface area contributed by atoms with Gasteiger partial charge in [-0.15, -0.1) is 0 Å². The van der Waals surface area contributed by atoms with E-state index in [-0.39, 0.29) is 18.2 Å². The number of halogens is 1. The van der Waals surface area contributed by atoms with E-state index in [4.69, 9.17) is 4.74 Å². The number of anilines is 1. The van der Waals surface area contributed by atoms with Gasteiger partial charge in [-0.1, -0.05) is 52.3 Å². The van der Waals surface area contributed by atoms with E-state index in [1.165, 1.54) is 0 Å². The molecule has 0 aliphatic carbocycles. The van der Waals surface area contributed by atoms with Crippen LogP contribution in [-0.2, 0) is 17.6 Å². The van der Waals surface area contributed by atoms with Gasteiger partial charge < -0.3 is 15.4 Å². The molecule has 5 nitrogen and oxygen atoms in total. The number of carbonyl (C=O) groups is 2. The van der Waals surface area contributed by atoms with Gasteiger partial charge in [0.15, 0.2) is 0 Å². The summed E-state index contributed by atoms with van der Waals surface area (Å²) < 4.78 is 6.11. The van der Waals surface area contributed by atoms with Gasteiger partial charge in [0.1, 0.15) is 5.75 Å². The molecule has 2 N–H and O–H groups in total. The lowest BCUT2D eigenvalue weighted by Crippen LogP contribution is -2.27. The maximum Gasteiger partial charge on any atom is 0.253 e. The van der Waals surface area contributed by atoms with Crippen LogP contribution in [0, 0.1) is 0 Å². The molecule has 3 aromatic carbocycles. The van der Waals surface area contributed by atoms with E-state index < -0.39 is 0 Å². The van der Waals surface area contributed by atoms with E-state index >= 15 is 0 Å². The molecule has 0 atom stereocenters. The maximum absolute atomic E-state index is 12.6. The molecule has 0 aromatic heterocycles. The van der Waals surface area contributed by atoms with Crippen molar-refractivity contribution in [1.29, 1.82) is 0 Å². The summed E-state index contributed by atoms with van der Waals surface area (Å²) in [4.78, 5) is 25.1. The number of para-hydroxylation sites is 1. The third-order valence-corrected chi connectivity index (χ3v) is 5.11. The Morgan fingerprint density at radius 1 is 0.900 bits per heavy atom. The number of rotatable bonds is 8. The molecule has 0 spiro atoms. The normalized spacial score (nSPS) is 10.3. The molecule has 30 heavy (non-hydrogen) atoms. The van der Waals surface area contributed by atoms with E-state index in [9.17, 15) is 9.59 Å². The second kappa shape index (κ2) is 10.6. The summed E-state index contributed by atoms with van der Waals surface area (Å²) in [6.07, 6.45) is 0.939. The Bertz CT molecular complexity index is 1000. The fourth-order valence-corrected chi connectivity index (χ4v) is 3.24. The molecule has 154 valence electrons. The smallest absolute Gasteiger partial charge is 0.253 e. The van der Waals surface area contributed by atoms with Crippen molar-refractivity contribution in [3.05, 3.63) is 94.0 Å². The molecule has 0 saturated carbocycles. The number of amides is 2. The highest BCUT2D eigenvalue weighted by Gasteiger charge is 2.13. The molecule has 0 heterocycles. The van der Waals surface area contributed by atoms with Gasteiger partial charge in [0.2, 0.25) is 5.91 Å². The Morgan fingerprint density at radius 3 is 2.27 bits per heavy atom. The fraction of sp³-hybridized carbons (Fsp3) is 0.167. The minimum atomic E-state index is -0.219. The molecule has 0 bridgehead atoms. The standard InChI is InChI=1S/C24H23BrN2O3/c1-30-20-12-8-17(9-13-20)14-15-26-24(29)21-4-2-3-5-22(21)27-23(28)16-18-6-10-19(25)11-7-18/h2-13H,14-16H2,1H3,(H,26,29)(H,27,28). The van der Waals surface area contributed by atoms with E-state index in [0.717, 1.165) is 21.3 Å². The van der Waals surface area contributed by atoms with E-state index in [0.29, 0.717) is 24.2 Å². The number of methoxy groups -OCH3 is 1. The lowest BCUT2D eigenvalue weighted by Gasteiger charge is -2.12. The molecule has 0 aliphatic rings. The minimum Gasteiger partial charge on any atom is -0.497 e. The molecule has 0 fully saturated rings. The first-order valence-corrected chi connectivity index (χ1v) is 10.4. The number of hydrogen-bond acceptors (Lipinski definition) is 3. The van der Waals surface area contributed by atoms with E-state index in [2.05, 4.69) is 26.6 Å². The SMILES string of the molecule is COc1ccc(CCNC(=O)c2ccccc2NC(=O)Cc2ccc(Br)cc2)cc1. The van der Waals surface area contributed by atoms with Crippen LogP contribution in [0.3, 0.4) is 0 Å². The Labute approximate surface area is 184 Å². The third-order valence-electron chi connectivity index (χ3n) is 4.58. The Kier molecular flexibility index (Phi) is 7.63. The van der Waals surface area contributed by atoms with Crippen LogP contribution < -0.4 is 15.4 Å². The van der Waals surface area contributed by atoms with Crippen molar-refractivity contribution in [2.24, 2.45) is 0 Å². The molecule has 3 aromatic rings. The monoisotopic (exact) mass is 466 g/mol. The number of benzene rings is 3.